The molecule has 148 valence electrons. The van der Waals surface area contributed by atoms with Gasteiger partial charge in [-0.3, -0.25) is 14.9 Å². The van der Waals surface area contributed by atoms with Gasteiger partial charge in [-0.1, -0.05) is 18.2 Å². The number of ether oxygens (including phenoxy) is 1. The van der Waals surface area contributed by atoms with Crippen LogP contribution >= 0.6 is 0 Å². The minimum Gasteiger partial charge on any atom is -0.452 e. The van der Waals surface area contributed by atoms with Crippen molar-refractivity contribution in [2.45, 2.75) is 26.8 Å². The highest BCUT2D eigenvalue weighted by atomic mass is 16.6. The summed E-state index contributed by atoms with van der Waals surface area (Å²) >= 11 is 0. The van der Waals surface area contributed by atoms with Crippen LogP contribution in [0.1, 0.15) is 40.0 Å². The topological polar surface area (TPSA) is 111 Å². The van der Waals surface area contributed by atoms with Gasteiger partial charge in [-0.05, 0) is 43.5 Å². The summed E-state index contributed by atoms with van der Waals surface area (Å²) in [5.74, 6) is -1.28. The summed E-state index contributed by atoms with van der Waals surface area (Å²) in [7, 11) is 1.58. The van der Waals surface area contributed by atoms with E-state index in [1.807, 2.05) is 39.0 Å². The molecule has 28 heavy (non-hydrogen) atoms. The lowest BCUT2D eigenvalue weighted by atomic mass is 10.0. The zero-order valence-corrected chi connectivity index (χ0v) is 16.2. The fourth-order valence-electron chi connectivity index (χ4n) is 2.64. The fourth-order valence-corrected chi connectivity index (χ4v) is 2.64. The van der Waals surface area contributed by atoms with Gasteiger partial charge in [-0.15, -0.1) is 0 Å². The molecule has 0 heterocycles. The average molecular weight is 385 g/mol. The fraction of sp³-hybridized carbons (Fsp3) is 0.300. The van der Waals surface area contributed by atoms with Crippen LogP contribution in [0.5, 0.6) is 0 Å². The number of nitro benzene ring substituents is 1. The quantitative estimate of drug-likeness (QED) is 0.430. The zero-order chi connectivity index (χ0) is 20.8. The summed E-state index contributed by atoms with van der Waals surface area (Å²) in [6, 6.07) is 9.46. The Hall–Kier alpha value is -3.42. The van der Waals surface area contributed by atoms with Crippen molar-refractivity contribution in [2.24, 2.45) is 0 Å². The van der Waals surface area contributed by atoms with Crippen molar-refractivity contribution in [3.05, 3.63) is 68.8 Å². The highest BCUT2D eigenvalue weighted by Crippen LogP contribution is 2.22. The van der Waals surface area contributed by atoms with Crippen molar-refractivity contribution >= 4 is 23.3 Å². The number of hydrogen-bond donors (Lipinski definition) is 2. The second kappa shape index (κ2) is 8.98. The van der Waals surface area contributed by atoms with E-state index in [1.165, 1.54) is 12.1 Å². The third-order valence-electron chi connectivity index (χ3n) is 4.45. The lowest BCUT2D eigenvalue weighted by Gasteiger charge is -2.16. The lowest BCUT2D eigenvalue weighted by molar-refractivity contribution is -0.384. The molecule has 0 spiro atoms. The summed E-state index contributed by atoms with van der Waals surface area (Å²) in [6.45, 7) is 5.35. The Labute approximate surface area is 163 Å². The molecular formula is C20H23N3O5. The second-order valence-electron chi connectivity index (χ2n) is 6.45. The predicted molar refractivity (Wildman–Crippen MR) is 105 cm³/mol. The average Bonchev–Trinajstić information content (AvgIpc) is 2.67. The summed E-state index contributed by atoms with van der Waals surface area (Å²) in [4.78, 5) is 34.7. The molecule has 0 fully saturated rings. The number of esters is 1. The Balaban J connectivity index is 2.00. The summed E-state index contributed by atoms with van der Waals surface area (Å²) in [6.07, 6.45) is 0. The van der Waals surface area contributed by atoms with Crippen LogP contribution < -0.4 is 10.6 Å². The Bertz CT molecular complexity index is 911. The van der Waals surface area contributed by atoms with Crippen LogP contribution in [0.3, 0.4) is 0 Å². The molecule has 0 saturated heterocycles. The van der Waals surface area contributed by atoms with E-state index in [9.17, 15) is 19.7 Å². The molecule has 0 bridgehead atoms. The number of carbonyl (C=O) groups excluding carboxylic acids is 2. The standard InChI is InChI=1S/C20H23N3O5/c1-12-5-6-15(9-13(12)2)14(3)22-19(24)11-28-20(25)17-10-16(23(26)27)7-8-18(17)21-4/h5-10,14,21H,11H2,1-4H3,(H,22,24). The summed E-state index contributed by atoms with van der Waals surface area (Å²) < 4.78 is 5.03. The van der Waals surface area contributed by atoms with Gasteiger partial charge in [0.2, 0.25) is 0 Å². The highest BCUT2D eigenvalue weighted by molar-refractivity contribution is 5.97. The van der Waals surface area contributed by atoms with Gasteiger partial charge in [0.25, 0.3) is 11.6 Å². The molecule has 1 atom stereocenters. The Morgan fingerprint density at radius 1 is 1.14 bits per heavy atom. The Morgan fingerprint density at radius 3 is 2.46 bits per heavy atom. The van der Waals surface area contributed by atoms with Crippen molar-refractivity contribution in [2.75, 3.05) is 19.0 Å². The molecule has 1 unspecified atom stereocenters. The van der Waals surface area contributed by atoms with Crippen molar-refractivity contribution in [3.63, 3.8) is 0 Å². The van der Waals surface area contributed by atoms with Gasteiger partial charge >= 0.3 is 5.97 Å². The second-order valence-corrected chi connectivity index (χ2v) is 6.45. The molecular weight excluding hydrogens is 362 g/mol. The monoisotopic (exact) mass is 385 g/mol. The van der Waals surface area contributed by atoms with Crippen molar-refractivity contribution in [1.82, 2.24) is 5.32 Å². The highest BCUT2D eigenvalue weighted by Gasteiger charge is 2.19. The molecule has 0 saturated carbocycles. The number of amides is 1. The van der Waals surface area contributed by atoms with Crippen LogP contribution in [0, 0.1) is 24.0 Å². The third kappa shape index (κ3) is 5.06. The van der Waals surface area contributed by atoms with E-state index in [-0.39, 0.29) is 17.3 Å². The van der Waals surface area contributed by atoms with Gasteiger partial charge in [0.05, 0.1) is 16.5 Å². The van der Waals surface area contributed by atoms with E-state index in [1.54, 1.807) is 7.05 Å². The molecule has 0 radical (unpaired) electrons. The van der Waals surface area contributed by atoms with Crippen molar-refractivity contribution in [1.29, 1.82) is 0 Å². The minimum atomic E-state index is -0.818. The normalized spacial score (nSPS) is 11.4. The van der Waals surface area contributed by atoms with Crippen LogP contribution in [0.25, 0.3) is 0 Å². The molecule has 2 aromatic rings. The largest absolute Gasteiger partial charge is 0.452 e. The molecule has 0 aliphatic heterocycles. The van der Waals surface area contributed by atoms with Crippen LogP contribution in [0.4, 0.5) is 11.4 Å². The van der Waals surface area contributed by atoms with Gasteiger partial charge in [0, 0.05) is 24.9 Å². The molecule has 0 aliphatic carbocycles. The maximum absolute atomic E-state index is 12.3. The van der Waals surface area contributed by atoms with Gasteiger partial charge < -0.3 is 15.4 Å². The van der Waals surface area contributed by atoms with Gasteiger partial charge in [0.1, 0.15) is 0 Å². The van der Waals surface area contributed by atoms with Gasteiger partial charge in [0.15, 0.2) is 6.61 Å². The van der Waals surface area contributed by atoms with Crippen molar-refractivity contribution in [3.8, 4) is 0 Å². The van der Waals surface area contributed by atoms with E-state index in [2.05, 4.69) is 10.6 Å². The molecule has 8 heteroatoms. The Kier molecular flexibility index (Phi) is 6.70. The van der Waals surface area contributed by atoms with Crippen LogP contribution in [0.15, 0.2) is 36.4 Å². The van der Waals surface area contributed by atoms with E-state index in [0.29, 0.717) is 5.69 Å². The molecule has 0 aromatic heterocycles. The SMILES string of the molecule is CNc1ccc([N+](=O)[O-])cc1C(=O)OCC(=O)NC(C)c1ccc(C)c(C)c1. The number of nitrogens with zero attached hydrogens (tertiary/aromatic N) is 1. The number of carbonyl (C=O) groups is 2. The number of rotatable bonds is 7. The molecule has 2 rings (SSSR count). The first-order valence-electron chi connectivity index (χ1n) is 8.72. The lowest BCUT2D eigenvalue weighted by Crippen LogP contribution is -2.31. The molecule has 2 aromatic carbocycles. The number of nitro groups is 1. The van der Waals surface area contributed by atoms with Gasteiger partial charge in [-0.2, -0.15) is 0 Å². The number of benzene rings is 2. The predicted octanol–water partition coefficient (Wildman–Crippen LogP) is 3.29. The minimum absolute atomic E-state index is 0.00768. The number of hydrogen-bond acceptors (Lipinski definition) is 6. The zero-order valence-electron chi connectivity index (χ0n) is 16.2. The van der Waals surface area contributed by atoms with E-state index < -0.39 is 23.4 Å². The van der Waals surface area contributed by atoms with Gasteiger partial charge in [-0.25, -0.2) is 4.79 Å². The van der Waals surface area contributed by atoms with E-state index in [0.717, 1.165) is 22.8 Å². The van der Waals surface area contributed by atoms with E-state index >= 15 is 0 Å². The summed E-state index contributed by atoms with van der Waals surface area (Å²) in [5.41, 5.74) is 3.35. The summed E-state index contributed by atoms with van der Waals surface area (Å²) in [5, 5.41) is 16.4. The van der Waals surface area contributed by atoms with Crippen molar-refractivity contribution < 1.29 is 19.2 Å². The van der Waals surface area contributed by atoms with Crippen LogP contribution in [0.2, 0.25) is 0 Å². The first-order valence-corrected chi connectivity index (χ1v) is 8.72. The molecule has 1 amide bonds. The number of anilines is 1. The third-order valence-corrected chi connectivity index (χ3v) is 4.45. The first kappa shape index (κ1) is 20.9. The maximum atomic E-state index is 12.3. The molecule has 8 nitrogen and oxygen atoms in total. The molecule has 0 aliphatic rings. The first-order chi connectivity index (χ1) is 13.2. The smallest absolute Gasteiger partial charge is 0.341 e. The maximum Gasteiger partial charge on any atom is 0.341 e. The number of nitrogens with one attached hydrogen (secondary N) is 2. The Morgan fingerprint density at radius 2 is 1.86 bits per heavy atom. The number of aryl methyl sites for hydroxylation is 2. The molecule has 2 N–H and O–H groups in total. The van der Waals surface area contributed by atoms with Crippen LogP contribution in [-0.4, -0.2) is 30.5 Å². The number of non-ortho nitro benzene ring substituents is 1. The van der Waals surface area contributed by atoms with Crippen LogP contribution in [-0.2, 0) is 9.53 Å². The van der Waals surface area contributed by atoms with E-state index in [4.69, 9.17) is 4.74 Å².